The van der Waals surface area contributed by atoms with E-state index in [0.717, 1.165) is 10.6 Å². The average Bonchev–Trinajstić information content (AvgIpc) is 2.83. The fourth-order valence-corrected chi connectivity index (χ4v) is 1.91. The summed E-state index contributed by atoms with van der Waals surface area (Å²) >= 11 is 1.56. The van der Waals surface area contributed by atoms with Gasteiger partial charge in [-0.1, -0.05) is 0 Å². The Hall–Kier alpha value is -1.72. The topological polar surface area (TPSA) is 62.2 Å². The molecule has 2 rings (SSSR count). The molecule has 0 bridgehead atoms. The number of aliphatic hydroxyl groups excluding tert-OH is 1. The first-order valence-corrected chi connectivity index (χ1v) is 5.58. The van der Waals surface area contributed by atoms with E-state index in [-0.39, 0.29) is 0 Å². The van der Waals surface area contributed by atoms with Crippen molar-refractivity contribution >= 4 is 22.9 Å². The summed E-state index contributed by atoms with van der Waals surface area (Å²) in [7, 11) is 0. The molecule has 0 spiro atoms. The molecular formula is C11H10N2O2S. The van der Waals surface area contributed by atoms with Crippen LogP contribution in [0.15, 0.2) is 35.8 Å². The Bertz CT molecular complexity index is 465. The number of aromatic nitrogens is 1. The van der Waals surface area contributed by atoms with Crippen LogP contribution in [0.3, 0.4) is 0 Å². The van der Waals surface area contributed by atoms with E-state index >= 15 is 0 Å². The Labute approximate surface area is 96.6 Å². The van der Waals surface area contributed by atoms with E-state index in [1.54, 1.807) is 29.7 Å². The van der Waals surface area contributed by atoms with E-state index in [4.69, 9.17) is 5.11 Å². The van der Waals surface area contributed by atoms with Crippen molar-refractivity contribution in [1.29, 1.82) is 0 Å². The molecule has 1 aromatic heterocycles. The SMILES string of the molecule is O=C(CO)Nc1ccc(-c2nccs2)cc1. The number of aliphatic hydroxyl groups is 1. The molecule has 16 heavy (non-hydrogen) atoms. The average molecular weight is 234 g/mol. The van der Waals surface area contributed by atoms with Crippen LogP contribution in [-0.2, 0) is 4.79 Å². The van der Waals surface area contributed by atoms with Crippen molar-refractivity contribution in [2.24, 2.45) is 0 Å². The number of rotatable bonds is 3. The standard InChI is InChI=1S/C11H10N2O2S/c14-7-10(15)13-9-3-1-8(2-4-9)11-12-5-6-16-11/h1-6,14H,7H2,(H,13,15). The fourth-order valence-electron chi connectivity index (χ4n) is 1.26. The second kappa shape index (κ2) is 4.87. The maximum Gasteiger partial charge on any atom is 0.250 e. The Balaban J connectivity index is 2.14. The molecule has 0 atom stereocenters. The van der Waals surface area contributed by atoms with E-state index in [1.807, 2.05) is 17.5 Å². The first-order valence-electron chi connectivity index (χ1n) is 4.70. The molecule has 2 N–H and O–H groups in total. The van der Waals surface area contributed by atoms with Crippen molar-refractivity contribution in [2.75, 3.05) is 11.9 Å². The molecule has 1 heterocycles. The molecule has 0 fully saturated rings. The predicted molar refractivity (Wildman–Crippen MR) is 63.3 cm³/mol. The first kappa shape index (κ1) is 10.8. The zero-order valence-corrected chi connectivity index (χ0v) is 9.20. The first-order chi connectivity index (χ1) is 7.79. The minimum absolute atomic E-state index is 0.415. The second-order valence-corrected chi connectivity index (χ2v) is 4.02. The van der Waals surface area contributed by atoms with Gasteiger partial charge in [-0.05, 0) is 24.3 Å². The van der Waals surface area contributed by atoms with E-state index < -0.39 is 12.5 Å². The number of nitrogens with zero attached hydrogens (tertiary/aromatic N) is 1. The van der Waals surface area contributed by atoms with Crippen LogP contribution in [0.5, 0.6) is 0 Å². The van der Waals surface area contributed by atoms with Crippen LogP contribution in [0.1, 0.15) is 0 Å². The van der Waals surface area contributed by atoms with Crippen LogP contribution in [0.2, 0.25) is 0 Å². The third kappa shape index (κ3) is 2.44. The summed E-state index contributed by atoms with van der Waals surface area (Å²) in [5, 5.41) is 14.0. The quantitative estimate of drug-likeness (QED) is 0.850. The van der Waals surface area contributed by atoms with Gasteiger partial charge in [0.25, 0.3) is 0 Å². The third-order valence-electron chi connectivity index (χ3n) is 1.99. The summed E-state index contributed by atoms with van der Waals surface area (Å²) < 4.78 is 0. The molecule has 0 radical (unpaired) electrons. The molecular weight excluding hydrogens is 224 g/mol. The molecule has 1 aromatic carbocycles. The monoisotopic (exact) mass is 234 g/mol. The number of carbonyl (C=O) groups excluding carboxylic acids is 1. The molecule has 0 unspecified atom stereocenters. The van der Waals surface area contributed by atoms with Gasteiger partial charge in [0.05, 0.1) is 0 Å². The van der Waals surface area contributed by atoms with E-state index in [9.17, 15) is 4.79 Å². The summed E-state index contributed by atoms with van der Waals surface area (Å²) in [5.74, 6) is -0.415. The molecule has 0 aliphatic heterocycles. The summed E-state index contributed by atoms with van der Waals surface area (Å²) in [6.07, 6.45) is 1.75. The van der Waals surface area contributed by atoms with Crippen molar-refractivity contribution in [3.8, 4) is 10.6 Å². The van der Waals surface area contributed by atoms with Gasteiger partial charge in [0.1, 0.15) is 11.6 Å². The van der Waals surface area contributed by atoms with Crippen LogP contribution in [-0.4, -0.2) is 22.6 Å². The summed E-state index contributed by atoms with van der Waals surface area (Å²) in [4.78, 5) is 15.1. The van der Waals surface area contributed by atoms with Crippen molar-refractivity contribution in [2.45, 2.75) is 0 Å². The highest BCUT2D eigenvalue weighted by Crippen LogP contribution is 2.23. The highest BCUT2D eigenvalue weighted by atomic mass is 32.1. The Morgan fingerprint density at radius 3 is 2.69 bits per heavy atom. The molecule has 0 aliphatic carbocycles. The third-order valence-corrected chi connectivity index (χ3v) is 2.81. The van der Waals surface area contributed by atoms with E-state index in [0.29, 0.717) is 5.69 Å². The zero-order chi connectivity index (χ0) is 11.4. The van der Waals surface area contributed by atoms with Crippen molar-refractivity contribution in [3.63, 3.8) is 0 Å². The molecule has 2 aromatic rings. The van der Waals surface area contributed by atoms with Gasteiger partial charge in [0.2, 0.25) is 5.91 Å². The fraction of sp³-hybridized carbons (Fsp3) is 0.0909. The number of amides is 1. The number of hydrogen-bond acceptors (Lipinski definition) is 4. The molecule has 0 aliphatic rings. The Morgan fingerprint density at radius 1 is 1.38 bits per heavy atom. The number of hydrogen-bond donors (Lipinski definition) is 2. The molecule has 0 saturated carbocycles. The number of nitrogens with one attached hydrogen (secondary N) is 1. The van der Waals surface area contributed by atoms with Crippen molar-refractivity contribution in [1.82, 2.24) is 4.98 Å². The van der Waals surface area contributed by atoms with Gasteiger partial charge in [0.15, 0.2) is 0 Å². The molecule has 82 valence electrons. The summed E-state index contributed by atoms with van der Waals surface area (Å²) in [6, 6.07) is 7.33. The molecule has 5 heteroatoms. The highest BCUT2D eigenvalue weighted by Gasteiger charge is 2.02. The van der Waals surface area contributed by atoms with Crippen molar-refractivity contribution in [3.05, 3.63) is 35.8 Å². The van der Waals surface area contributed by atoms with Crippen LogP contribution < -0.4 is 5.32 Å². The van der Waals surface area contributed by atoms with Gasteiger partial charge < -0.3 is 10.4 Å². The molecule has 0 saturated heterocycles. The predicted octanol–water partition coefficient (Wildman–Crippen LogP) is 1.74. The highest BCUT2D eigenvalue weighted by molar-refractivity contribution is 7.13. The van der Waals surface area contributed by atoms with Crippen molar-refractivity contribution < 1.29 is 9.90 Å². The molecule has 4 nitrogen and oxygen atoms in total. The second-order valence-electron chi connectivity index (χ2n) is 3.12. The minimum atomic E-state index is -0.506. The normalized spacial score (nSPS) is 10.1. The van der Waals surface area contributed by atoms with Gasteiger partial charge in [-0.25, -0.2) is 4.98 Å². The maximum atomic E-state index is 10.9. The van der Waals surface area contributed by atoms with Crippen LogP contribution >= 0.6 is 11.3 Å². The van der Waals surface area contributed by atoms with Crippen LogP contribution in [0.25, 0.3) is 10.6 Å². The van der Waals surface area contributed by atoms with Crippen LogP contribution in [0, 0.1) is 0 Å². The Morgan fingerprint density at radius 2 is 2.12 bits per heavy atom. The van der Waals surface area contributed by atoms with E-state index in [1.165, 1.54) is 0 Å². The van der Waals surface area contributed by atoms with Gasteiger partial charge in [-0.3, -0.25) is 4.79 Å². The largest absolute Gasteiger partial charge is 0.387 e. The number of carbonyl (C=O) groups is 1. The lowest BCUT2D eigenvalue weighted by Gasteiger charge is -2.03. The number of benzene rings is 1. The van der Waals surface area contributed by atoms with Crippen LogP contribution in [0.4, 0.5) is 5.69 Å². The van der Waals surface area contributed by atoms with E-state index in [2.05, 4.69) is 10.3 Å². The zero-order valence-electron chi connectivity index (χ0n) is 8.38. The summed E-state index contributed by atoms with van der Waals surface area (Å²) in [6.45, 7) is -0.506. The lowest BCUT2D eigenvalue weighted by Crippen LogP contribution is -2.15. The van der Waals surface area contributed by atoms with Gasteiger partial charge >= 0.3 is 0 Å². The van der Waals surface area contributed by atoms with Gasteiger partial charge in [0, 0.05) is 22.8 Å². The Kier molecular flexibility index (Phi) is 3.28. The van der Waals surface area contributed by atoms with Gasteiger partial charge in [-0.15, -0.1) is 11.3 Å². The number of anilines is 1. The smallest absolute Gasteiger partial charge is 0.250 e. The lowest BCUT2D eigenvalue weighted by molar-refractivity contribution is -0.118. The summed E-state index contributed by atoms with van der Waals surface area (Å²) in [5.41, 5.74) is 1.68. The molecule has 1 amide bonds. The maximum absolute atomic E-state index is 10.9. The minimum Gasteiger partial charge on any atom is -0.387 e. The van der Waals surface area contributed by atoms with Gasteiger partial charge in [-0.2, -0.15) is 0 Å². The number of thiazole rings is 1. The lowest BCUT2D eigenvalue weighted by atomic mass is 10.2.